The summed E-state index contributed by atoms with van der Waals surface area (Å²) in [6, 6.07) is 1.13. The van der Waals surface area contributed by atoms with Gasteiger partial charge in [-0.3, -0.25) is 0 Å². The lowest BCUT2D eigenvalue weighted by Gasteiger charge is -2.23. The van der Waals surface area contributed by atoms with Crippen LogP contribution in [0, 0.1) is 5.92 Å². The first-order valence-electron chi connectivity index (χ1n) is 6.74. The molecule has 0 heterocycles. The van der Waals surface area contributed by atoms with Crippen molar-refractivity contribution >= 4 is 0 Å². The molecule has 2 heteroatoms. The van der Waals surface area contributed by atoms with E-state index in [4.69, 9.17) is 0 Å². The molecule has 0 aromatic carbocycles. The number of hydrogen-bond donors (Lipinski definition) is 0. The van der Waals surface area contributed by atoms with E-state index >= 15 is 0 Å². The highest BCUT2D eigenvalue weighted by Gasteiger charge is 2.18. The van der Waals surface area contributed by atoms with Crippen LogP contribution in [0.15, 0.2) is 10.2 Å². The molecule has 0 N–H and O–H groups in total. The van der Waals surface area contributed by atoms with Crippen LogP contribution in [0.1, 0.15) is 64.7 Å². The molecule has 0 spiro atoms. The zero-order valence-electron chi connectivity index (χ0n) is 9.99. The molecule has 0 saturated heterocycles. The minimum absolute atomic E-state index is 0.558. The van der Waals surface area contributed by atoms with Crippen molar-refractivity contribution in [3.05, 3.63) is 0 Å². The van der Waals surface area contributed by atoms with Crippen LogP contribution in [0.25, 0.3) is 0 Å². The molecule has 15 heavy (non-hydrogen) atoms. The summed E-state index contributed by atoms with van der Waals surface area (Å²) in [5, 5.41) is 9.12. The first kappa shape index (κ1) is 11.1. The van der Waals surface area contributed by atoms with Crippen LogP contribution in [0.3, 0.4) is 0 Å². The summed E-state index contributed by atoms with van der Waals surface area (Å²) < 4.78 is 0. The van der Waals surface area contributed by atoms with Gasteiger partial charge in [-0.15, -0.1) is 0 Å². The van der Waals surface area contributed by atoms with E-state index in [1.807, 2.05) is 0 Å². The molecule has 0 unspecified atom stereocenters. The third-order valence-corrected chi connectivity index (χ3v) is 3.95. The summed E-state index contributed by atoms with van der Waals surface area (Å²) in [7, 11) is 0. The maximum atomic E-state index is 4.57. The highest BCUT2D eigenvalue weighted by atomic mass is 15.1. The molecule has 2 aliphatic rings. The first-order chi connectivity index (χ1) is 7.34. The van der Waals surface area contributed by atoms with Gasteiger partial charge in [0.2, 0.25) is 0 Å². The van der Waals surface area contributed by atoms with Crippen molar-refractivity contribution in [2.45, 2.75) is 76.8 Å². The fourth-order valence-electron chi connectivity index (χ4n) is 2.74. The van der Waals surface area contributed by atoms with Crippen LogP contribution >= 0.6 is 0 Å². The van der Waals surface area contributed by atoms with Crippen molar-refractivity contribution < 1.29 is 0 Å². The lowest BCUT2D eigenvalue weighted by atomic mass is 9.88. The molecular weight excluding hydrogens is 184 g/mol. The Bertz CT molecular complexity index is 199. The standard InChI is InChI=1S/C13H24N2/c1-11-7-9-13(10-8-11)15-14-12-5-3-2-4-6-12/h11-13H,2-10H2,1H3/b15-14-. The van der Waals surface area contributed by atoms with E-state index in [1.54, 1.807) is 0 Å². The van der Waals surface area contributed by atoms with Crippen molar-refractivity contribution in [1.82, 2.24) is 0 Å². The topological polar surface area (TPSA) is 24.7 Å². The highest BCUT2D eigenvalue weighted by molar-refractivity contribution is 4.76. The molecule has 0 amide bonds. The highest BCUT2D eigenvalue weighted by Crippen LogP contribution is 2.27. The Morgan fingerprint density at radius 3 is 1.80 bits per heavy atom. The normalized spacial score (nSPS) is 34.7. The summed E-state index contributed by atoms with van der Waals surface area (Å²) >= 11 is 0. The van der Waals surface area contributed by atoms with Crippen molar-refractivity contribution in [2.24, 2.45) is 16.1 Å². The Balaban J connectivity index is 1.73. The van der Waals surface area contributed by atoms with E-state index in [9.17, 15) is 0 Å². The zero-order chi connectivity index (χ0) is 10.5. The van der Waals surface area contributed by atoms with Gasteiger partial charge >= 0.3 is 0 Å². The van der Waals surface area contributed by atoms with Crippen molar-refractivity contribution in [1.29, 1.82) is 0 Å². The van der Waals surface area contributed by atoms with Crippen LogP contribution in [0.4, 0.5) is 0 Å². The fraction of sp³-hybridized carbons (Fsp3) is 1.00. The van der Waals surface area contributed by atoms with Gasteiger partial charge in [0.15, 0.2) is 0 Å². The molecule has 0 atom stereocenters. The minimum Gasteiger partial charge on any atom is -0.191 e. The van der Waals surface area contributed by atoms with E-state index in [1.165, 1.54) is 57.8 Å². The van der Waals surface area contributed by atoms with E-state index in [2.05, 4.69) is 17.2 Å². The smallest absolute Gasteiger partial charge is 0.0708 e. The van der Waals surface area contributed by atoms with Gasteiger partial charge in [-0.05, 0) is 44.4 Å². The molecule has 0 radical (unpaired) electrons. The van der Waals surface area contributed by atoms with Crippen LogP contribution in [-0.4, -0.2) is 12.1 Å². The third kappa shape index (κ3) is 3.58. The molecule has 2 aliphatic carbocycles. The second-order valence-corrected chi connectivity index (χ2v) is 5.44. The molecule has 86 valence electrons. The lowest BCUT2D eigenvalue weighted by molar-refractivity contribution is 0.332. The minimum atomic E-state index is 0.558. The van der Waals surface area contributed by atoms with Crippen LogP contribution in [0.2, 0.25) is 0 Å². The molecule has 2 saturated carbocycles. The molecule has 2 fully saturated rings. The van der Waals surface area contributed by atoms with Crippen LogP contribution in [0.5, 0.6) is 0 Å². The first-order valence-corrected chi connectivity index (χ1v) is 6.74. The van der Waals surface area contributed by atoms with Gasteiger partial charge in [-0.1, -0.05) is 26.2 Å². The lowest BCUT2D eigenvalue weighted by Crippen LogP contribution is -2.16. The molecule has 0 aromatic rings. The molecule has 0 bridgehead atoms. The number of nitrogens with zero attached hydrogens (tertiary/aromatic N) is 2. The van der Waals surface area contributed by atoms with E-state index in [-0.39, 0.29) is 0 Å². The fourth-order valence-corrected chi connectivity index (χ4v) is 2.74. The van der Waals surface area contributed by atoms with Gasteiger partial charge in [0, 0.05) is 0 Å². The summed E-state index contributed by atoms with van der Waals surface area (Å²) in [6.45, 7) is 2.36. The third-order valence-electron chi connectivity index (χ3n) is 3.95. The molecule has 0 aromatic heterocycles. The summed E-state index contributed by atoms with van der Waals surface area (Å²) in [5.41, 5.74) is 0. The predicted octanol–water partition coefficient (Wildman–Crippen LogP) is 4.35. The van der Waals surface area contributed by atoms with Crippen LogP contribution in [-0.2, 0) is 0 Å². The van der Waals surface area contributed by atoms with Gasteiger partial charge in [0.05, 0.1) is 12.1 Å². The maximum Gasteiger partial charge on any atom is 0.0708 e. The largest absolute Gasteiger partial charge is 0.191 e. The summed E-state index contributed by atoms with van der Waals surface area (Å²) in [5.74, 6) is 0.922. The molecule has 2 nitrogen and oxygen atoms in total. The monoisotopic (exact) mass is 208 g/mol. The quantitative estimate of drug-likeness (QED) is 0.603. The average Bonchev–Trinajstić information content (AvgIpc) is 2.30. The average molecular weight is 208 g/mol. The Kier molecular flexibility index (Phi) is 4.16. The van der Waals surface area contributed by atoms with Gasteiger partial charge < -0.3 is 0 Å². The number of rotatable bonds is 2. The number of azo groups is 1. The zero-order valence-corrected chi connectivity index (χ0v) is 9.99. The van der Waals surface area contributed by atoms with Crippen molar-refractivity contribution in [2.75, 3.05) is 0 Å². The SMILES string of the molecule is CC1CCC(/N=N\C2CCCCC2)CC1. The Labute approximate surface area is 93.6 Å². The summed E-state index contributed by atoms with van der Waals surface area (Å²) in [4.78, 5) is 0. The predicted molar refractivity (Wildman–Crippen MR) is 63.1 cm³/mol. The van der Waals surface area contributed by atoms with Gasteiger partial charge in [0.25, 0.3) is 0 Å². The van der Waals surface area contributed by atoms with Crippen molar-refractivity contribution in [3.63, 3.8) is 0 Å². The molecule has 2 rings (SSSR count). The Morgan fingerprint density at radius 2 is 1.20 bits per heavy atom. The maximum absolute atomic E-state index is 4.57. The van der Waals surface area contributed by atoms with E-state index in [0.717, 1.165) is 5.92 Å². The number of hydrogen-bond acceptors (Lipinski definition) is 2. The van der Waals surface area contributed by atoms with E-state index in [0.29, 0.717) is 12.1 Å². The van der Waals surface area contributed by atoms with Gasteiger partial charge in [-0.2, -0.15) is 10.2 Å². The van der Waals surface area contributed by atoms with Gasteiger partial charge in [0.1, 0.15) is 0 Å². The van der Waals surface area contributed by atoms with Crippen LogP contribution < -0.4 is 0 Å². The molecule has 0 aliphatic heterocycles. The Morgan fingerprint density at radius 1 is 0.667 bits per heavy atom. The molecular formula is C13H24N2. The van der Waals surface area contributed by atoms with E-state index < -0.39 is 0 Å². The van der Waals surface area contributed by atoms with Crippen molar-refractivity contribution in [3.8, 4) is 0 Å². The summed E-state index contributed by atoms with van der Waals surface area (Å²) in [6.07, 6.45) is 12.0. The Hall–Kier alpha value is -0.400. The second-order valence-electron chi connectivity index (χ2n) is 5.44. The van der Waals surface area contributed by atoms with Gasteiger partial charge in [-0.25, -0.2) is 0 Å². The second kappa shape index (κ2) is 5.62.